The lowest BCUT2D eigenvalue weighted by Crippen LogP contribution is -2.10. The Labute approximate surface area is 253 Å². The number of rotatable bonds is 9. The van der Waals surface area contributed by atoms with E-state index in [1.165, 1.54) is 27.7 Å². The molecule has 0 saturated carbocycles. The largest absolute Gasteiger partial charge is 0.484 e. The number of nitrogens with zero attached hydrogens (tertiary/aromatic N) is 4. The molecule has 0 aliphatic heterocycles. The molecular weight excluding hydrogens is 619 g/mol. The average Bonchev–Trinajstić information content (AvgIpc) is 3.51. The highest BCUT2D eigenvalue weighted by molar-refractivity contribution is 7.71. The first-order valence-corrected chi connectivity index (χ1v) is 13.5. The molecule has 7 nitrogen and oxygen atoms in total. The minimum atomic E-state index is -0.513. The van der Waals surface area contributed by atoms with Crippen molar-refractivity contribution in [3.63, 3.8) is 0 Å². The summed E-state index contributed by atoms with van der Waals surface area (Å²) in [4.78, 5) is 0. The van der Waals surface area contributed by atoms with Crippen LogP contribution in [0.25, 0.3) is 11.3 Å². The van der Waals surface area contributed by atoms with Crippen molar-refractivity contribution in [1.29, 1.82) is 0 Å². The number of anilines is 1. The van der Waals surface area contributed by atoms with Gasteiger partial charge >= 0.3 is 0 Å². The number of benzene rings is 3. The lowest BCUT2D eigenvalue weighted by molar-refractivity contribution is 0.290. The van der Waals surface area contributed by atoms with Crippen LogP contribution in [0.1, 0.15) is 11.6 Å². The number of hydrogen-bond acceptors (Lipinski definition) is 6. The molecule has 204 valence electrons. The summed E-state index contributed by atoms with van der Waals surface area (Å²) in [6.07, 6.45) is 1.50. The number of aromatic nitrogens is 3. The molecule has 0 radical (unpaired) electrons. The highest BCUT2D eigenvalue weighted by Gasteiger charge is 2.14. The Balaban J connectivity index is 1.41. The summed E-state index contributed by atoms with van der Waals surface area (Å²) in [5, 5.41) is 13.6. The van der Waals surface area contributed by atoms with Crippen molar-refractivity contribution in [2.45, 2.75) is 13.3 Å². The summed E-state index contributed by atoms with van der Waals surface area (Å²) < 4.78 is 28.6. The Morgan fingerprint density at radius 2 is 1.80 bits per heavy atom. The van der Waals surface area contributed by atoms with E-state index >= 15 is 0 Å². The second-order valence-corrected chi connectivity index (χ2v) is 10.3. The first-order chi connectivity index (χ1) is 19.3. The molecule has 13 heteroatoms. The molecule has 40 heavy (non-hydrogen) atoms. The van der Waals surface area contributed by atoms with Crippen molar-refractivity contribution in [3.05, 3.63) is 115 Å². The summed E-state index contributed by atoms with van der Waals surface area (Å²) in [6.45, 7) is 0.173. The van der Waals surface area contributed by atoms with Gasteiger partial charge in [-0.15, -0.1) is 5.10 Å². The van der Waals surface area contributed by atoms with Gasteiger partial charge in [0.1, 0.15) is 36.4 Å². The smallest absolute Gasteiger partial charge is 0.220 e. The van der Waals surface area contributed by atoms with Gasteiger partial charge in [-0.3, -0.25) is 0 Å². The number of furan rings is 1. The standard InChI is InChI=1S/C27H18Cl4FN5O2S/c28-16-5-8-19(21(30)11-16)24-10-7-18(39-24)13-34-37-26(14-38-25-4-2-1-3-20(25)29)35-36(27(37)40)15-33-17-6-9-23(32)22(31)12-17/h1-13,33H,14-15H2/b34-13+. The maximum atomic E-state index is 13.5. The van der Waals surface area contributed by atoms with Crippen LogP contribution in [0.2, 0.25) is 20.1 Å². The molecule has 0 amide bonds. The second kappa shape index (κ2) is 12.4. The van der Waals surface area contributed by atoms with E-state index < -0.39 is 5.82 Å². The number of halogens is 5. The van der Waals surface area contributed by atoms with E-state index in [0.29, 0.717) is 49.4 Å². The maximum Gasteiger partial charge on any atom is 0.220 e. The third-order valence-electron chi connectivity index (χ3n) is 5.55. The zero-order chi connectivity index (χ0) is 28.2. The number of hydrogen-bond donors (Lipinski definition) is 1. The van der Waals surface area contributed by atoms with Crippen molar-refractivity contribution in [2.75, 3.05) is 5.32 Å². The number of para-hydroxylation sites is 1. The molecule has 0 saturated heterocycles. The SMILES string of the molecule is Fc1ccc(NCn2nc(COc3ccccc3Cl)n(/N=C/c3ccc(-c4ccc(Cl)cc4Cl)o3)c2=S)cc1Cl. The third kappa shape index (κ3) is 6.51. The molecule has 2 heterocycles. The van der Waals surface area contributed by atoms with Crippen molar-refractivity contribution in [2.24, 2.45) is 5.10 Å². The Kier molecular flexibility index (Phi) is 8.78. The summed E-state index contributed by atoms with van der Waals surface area (Å²) in [5.74, 6) is 1.36. The Bertz CT molecular complexity index is 1770. The molecule has 5 aromatic rings. The Morgan fingerprint density at radius 1 is 0.975 bits per heavy atom. The van der Waals surface area contributed by atoms with Crippen LogP contribution in [0.4, 0.5) is 10.1 Å². The minimum absolute atomic E-state index is 0.00439. The average molecular weight is 637 g/mol. The highest BCUT2D eigenvalue weighted by atomic mass is 35.5. The fourth-order valence-corrected chi connectivity index (χ4v) is 4.73. The van der Waals surface area contributed by atoms with E-state index in [1.54, 1.807) is 54.6 Å². The predicted octanol–water partition coefficient (Wildman–Crippen LogP) is 8.96. The molecule has 0 aliphatic carbocycles. The van der Waals surface area contributed by atoms with Crippen LogP contribution in [0.3, 0.4) is 0 Å². The molecule has 1 N–H and O–H groups in total. The monoisotopic (exact) mass is 635 g/mol. The van der Waals surface area contributed by atoms with Crippen molar-refractivity contribution >= 4 is 70.5 Å². The molecule has 2 aromatic heterocycles. The topological polar surface area (TPSA) is 69.5 Å². The van der Waals surface area contributed by atoms with Crippen molar-refractivity contribution in [3.8, 4) is 17.1 Å². The molecular formula is C27H18Cl4FN5O2S. The van der Waals surface area contributed by atoms with Crippen LogP contribution in [0.15, 0.2) is 82.3 Å². The van der Waals surface area contributed by atoms with E-state index in [-0.39, 0.29) is 23.1 Å². The van der Waals surface area contributed by atoms with E-state index in [1.807, 2.05) is 6.07 Å². The van der Waals surface area contributed by atoms with E-state index in [0.717, 1.165) is 0 Å². The molecule has 0 spiro atoms. The predicted molar refractivity (Wildman–Crippen MR) is 159 cm³/mol. The summed E-state index contributed by atoms with van der Waals surface area (Å²) in [5.41, 5.74) is 1.28. The second-order valence-electron chi connectivity index (χ2n) is 8.26. The summed E-state index contributed by atoms with van der Waals surface area (Å²) in [7, 11) is 0. The van der Waals surface area contributed by atoms with Crippen LogP contribution in [-0.4, -0.2) is 20.7 Å². The van der Waals surface area contributed by atoms with Crippen LogP contribution in [0, 0.1) is 10.6 Å². The molecule has 3 aromatic carbocycles. The van der Waals surface area contributed by atoms with Gasteiger partial charge in [0.2, 0.25) is 4.77 Å². The van der Waals surface area contributed by atoms with Crippen LogP contribution in [0.5, 0.6) is 5.75 Å². The first kappa shape index (κ1) is 28.2. The zero-order valence-electron chi connectivity index (χ0n) is 20.3. The molecule has 0 atom stereocenters. The quantitative estimate of drug-likeness (QED) is 0.129. The van der Waals surface area contributed by atoms with E-state index in [2.05, 4.69) is 15.5 Å². The highest BCUT2D eigenvalue weighted by Crippen LogP contribution is 2.31. The maximum absolute atomic E-state index is 13.5. The molecule has 0 unspecified atom stereocenters. The molecule has 0 fully saturated rings. The van der Waals surface area contributed by atoms with Gasteiger partial charge in [-0.25, -0.2) is 9.07 Å². The lowest BCUT2D eigenvalue weighted by atomic mass is 10.2. The molecule has 5 rings (SSSR count). The van der Waals surface area contributed by atoms with Gasteiger partial charge in [-0.05, 0) is 72.9 Å². The van der Waals surface area contributed by atoms with Crippen molar-refractivity contribution in [1.82, 2.24) is 14.5 Å². The summed E-state index contributed by atoms with van der Waals surface area (Å²) >= 11 is 30.1. The fraction of sp³-hybridized carbons (Fsp3) is 0.0741. The van der Waals surface area contributed by atoms with Gasteiger partial charge in [-0.1, -0.05) is 58.5 Å². The van der Waals surface area contributed by atoms with Gasteiger partial charge in [0.05, 0.1) is 21.3 Å². The van der Waals surface area contributed by atoms with Gasteiger partial charge in [0, 0.05) is 16.3 Å². The summed E-state index contributed by atoms with van der Waals surface area (Å²) in [6, 6.07) is 20.0. The Hall–Kier alpha value is -3.34. The normalized spacial score (nSPS) is 11.3. The molecule has 0 aliphatic rings. The van der Waals surface area contributed by atoms with Gasteiger partial charge in [0.15, 0.2) is 5.82 Å². The third-order valence-corrected chi connectivity index (χ3v) is 7.09. The first-order valence-electron chi connectivity index (χ1n) is 11.6. The van der Waals surface area contributed by atoms with Crippen LogP contribution < -0.4 is 10.1 Å². The lowest BCUT2D eigenvalue weighted by Gasteiger charge is -2.07. The van der Waals surface area contributed by atoms with Gasteiger partial charge < -0.3 is 14.5 Å². The fourth-order valence-electron chi connectivity index (χ4n) is 3.60. The van der Waals surface area contributed by atoms with Gasteiger partial charge in [-0.2, -0.15) is 9.78 Å². The Morgan fingerprint density at radius 3 is 2.58 bits per heavy atom. The van der Waals surface area contributed by atoms with E-state index in [4.69, 9.17) is 67.8 Å². The van der Waals surface area contributed by atoms with Crippen LogP contribution in [-0.2, 0) is 13.3 Å². The number of ether oxygens (including phenoxy) is 1. The van der Waals surface area contributed by atoms with Crippen molar-refractivity contribution < 1.29 is 13.5 Å². The number of nitrogens with one attached hydrogen (secondary N) is 1. The minimum Gasteiger partial charge on any atom is -0.484 e. The van der Waals surface area contributed by atoms with Crippen LogP contribution >= 0.6 is 58.6 Å². The molecule has 0 bridgehead atoms. The van der Waals surface area contributed by atoms with E-state index in [9.17, 15) is 4.39 Å². The van der Waals surface area contributed by atoms with Gasteiger partial charge in [0.25, 0.3) is 0 Å². The zero-order valence-corrected chi connectivity index (χ0v) is 24.2.